The van der Waals surface area contributed by atoms with Crippen LogP contribution in [0, 0.1) is 5.82 Å². The highest BCUT2D eigenvalue weighted by atomic mass is 32.2. The van der Waals surface area contributed by atoms with Crippen LogP contribution in [0.25, 0.3) is 0 Å². The second-order valence-electron chi connectivity index (χ2n) is 4.97. The van der Waals surface area contributed by atoms with E-state index in [4.69, 9.17) is 0 Å². The lowest BCUT2D eigenvalue weighted by Crippen LogP contribution is -2.42. The predicted octanol–water partition coefficient (Wildman–Crippen LogP) is 3.62. The van der Waals surface area contributed by atoms with Crippen LogP contribution in [0.15, 0.2) is 53.4 Å². The molecule has 0 aliphatic carbocycles. The summed E-state index contributed by atoms with van der Waals surface area (Å²) in [6.07, 6.45) is 0.807. The molecule has 20 heavy (non-hydrogen) atoms. The van der Waals surface area contributed by atoms with E-state index >= 15 is 0 Å². The van der Waals surface area contributed by atoms with Gasteiger partial charge in [0.2, 0.25) is 0 Å². The fraction of sp³-hybridized carbons (Fsp3) is 0.250. The third kappa shape index (κ3) is 2.41. The Kier molecular flexibility index (Phi) is 3.68. The highest BCUT2D eigenvalue weighted by Gasteiger charge is 2.36. The van der Waals surface area contributed by atoms with Crippen molar-refractivity contribution in [3.8, 4) is 0 Å². The molecule has 1 atom stereocenters. The number of thioether (sulfide) groups is 1. The number of hydrogen-bond donors (Lipinski definition) is 2. The van der Waals surface area contributed by atoms with Crippen molar-refractivity contribution in [1.82, 2.24) is 0 Å². The smallest absolute Gasteiger partial charge is 0.125 e. The van der Waals surface area contributed by atoms with Gasteiger partial charge in [0, 0.05) is 16.3 Å². The fourth-order valence-corrected chi connectivity index (χ4v) is 3.90. The van der Waals surface area contributed by atoms with Gasteiger partial charge in [-0.05, 0) is 36.2 Å². The SMILES string of the molecule is OCC1(Nc2cccc(F)c2)CCSc2ccccc21. The molecule has 2 aromatic rings. The number of anilines is 1. The highest BCUT2D eigenvalue weighted by molar-refractivity contribution is 7.99. The zero-order valence-electron chi connectivity index (χ0n) is 11.0. The molecule has 3 rings (SSSR count). The average molecular weight is 289 g/mol. The van der Waals surface area contributed by atoms with Crippen molar-refractivity contribution in [3.63, 3.8) is 0 Å². The molecule has 1 heterocycles. The van der Waals surface area contributed by atoms with Crippen LogP contribution in [-0.2, 0) is 5.54 Å². The first-order valence-electron chi connectivity index (χ1n) is 6.60. The third-order valence-corrected chi connectivity index (χ3v) is 4.74. The van der Waals surface area contributed by atoms with Crippen LogP contribution in [0.2, 0.25) is 0 Å². The first kappa shape index (κ1) is 13.5. The van der Waals surface area contributed by atoms with Gasteiger partial charge in [-0.25, -0.2) is 4.39 Å². The zero-order valence-corrected chi connectivity index (χ0v) is 11.8. The number of halogens is 1. The molecule has 0 saturated carbocycles. The van der Waals surface area contributed by atoms with Gasteiger partial charge in [0.25, 0.3) is 0 Å². The van der Waals surface area contributed by atoms with Crippen LogP contribution in [-0.4, -0.2) is 17.5 Å². The maximum Gasteiger partial charge on any atom is 0.125 e. The van der Waals surface area contributed by atoms with E-state index in [1.807, 2.05) is 24.3 Å². The van der Waals surface area contributed by atoms with Gasteiger partial charge in [0.05, 0.1) is 12.1 Å². The third-order valence-electron chi connectivity index (χ3n) is 3.67. The summed E-state index contributed by atoms with van der Waals surface area (Å²) in [7, 11) is 0. The largest absolute Gasteiger partial charge is 0.394 e. The van der Waals surface area contributed by atoms with Crippen LogP contribution < -0.4 is 5.32 Å². The minimum atomic E-state index is -0.532. The Labute approximate surface area is 122 Å². The van der Waals surface area contributed by atoms with Crippen LogP contribution in [0.5, 0.6) is 0 Å². The molecule has 1 aliphatic heterocycles. The maximum atomic E-state index is 13.3. The number of hydrogen-bond acceptors (Lipinski definition) is 3. The molecular weight excluding hydrogens is 273 g/mol. The number of benzene rings is 2. The molecular formula is C16H16FNOS. The van der Waals surface area contributed by atoms with Gasteiger partial charge in [-0.1, -0.05) is 24.3 Å². The van der Waals surface area contributed by atoms with Crippen LogP contribution in [0.1, 0.15) is 12.0 Å². The number of aliphatic hydroxyl groups is 1. The van der Waals surface area contributed by atoms with E-state index in [0.29, 0.717) is 5.69 Å². The van der Waals surface area contributed by atoms with E-state index < -0.39 is 5.54 Å². The quantitative estimate of drug-likeness (QED) is 0.905. The van der Waals surface area contributed by atoms with E-state index in [2.05, 4.69) is 11.4 Å². The lowest BCUT2D eigenvalue weighted by Gasteiger charge is -2.39. The molecule has 104 valence electrons. The Morgan fingerprint density at radius 2 is 2.05 bits per heavy atom. The van der Waals surface area contributed by atoms with E-state index in [-0.39, 0.29) is 12.4 Å². The molecule has 1 unspecified atom stereocenters. The van der Waals surface area contributed by atoms with E-state index in [0.717, 1.165) is 17.7 Å². The summed E-state index contributed by atoms with van der Waals surface area (Å²) < 4.78 is 13.3. The van der Waals surface area contributed by atoms with Crippen LogP contribution in [0.3, 0.4) is 0 Å². The minimum Gasteiger partial charge on any atom is -0.394 e. The normalized spacial score (nSPS) is 21.3. The van der Waals surface area contributed by atoms with Gasteiger partial charge >= 0.3 is 0 Å². The molecule has 0 aromatic heterocycles. The first-order valence-corrected chi connectivity index (χ1v) is 7.59. The first-order chi connectivity index (χ1) is 9.73. The molecule has 2 N–H and O–H groups in total. The Bertz CT molecular complexity index is 619. The maximum absolute atomic E-state index is 13.3. The summed E-state index contributed by atoms with van der Waals surface area (Å²) in [6, 6.07) is 14.4. The van der Waals surface area contributed by atoms with Crippen molar-refractivity contribution in [2.24, 2.45) is 0 Å². The van der Waals surface area contributed by atoms with Crippen LogP contribution >= 0.6 is 11.8 Å². The molecule has 1 aliphatic rings. The Balaban J connectivity index is 2.00. The topological polar surface area (TPSA) is 32.3 Å². The highest BCUT2D eigenvalue weighted by Crippen LogP contribution is 2.41. The molecule has 0 spiro atoms. The van der Waals surface area contributed by atoms with Gasteiger partial charge in [-0.15, -0.1) is 11.8 Å². The van der Waals surface area contributed by atoms with E-state index in [9.17, 15) is 9.50 Å². The zero-order chi connectivity index (χ0) is 14.0. The van der Waals surface area contributed by atoms with Crippen molar-refractivity contribution in [2.75, 3.05) is 17.7 Å². The van der Waals surface area contributed by atoms with Crippen molar-refractivity contribution < 1.29 is 9.50 Å². The summed E-state index contributed by atoms with van der Waals surface area (Å²) in [5.74, 6) is 0.654. The van der Waals surface area contributed by atoms with Crippen molar-refractivity contribution in [2.45, 2.75) is 16.9 Å². The fourth-order valence-electron chi connectivity index (χ4n) is 2.63. The van der Waals surface area contributed by atoms with Gasteiger partial charge in [-0.3, -0.25) is 0 Å². The van der Waals surface area contributed by atoms with Crippen molar-refractivity contribution in [3.05, 3.63) is 59.9 Å². The predicted molar refractivity (Wildman–Crippen MR) is 80.6 cm³/mol. The molecule has 4 heteroatoms. The monoisotopic (exact) mass is 289 g/mol. The molecule has 0 amide bonds. The van der Waals surface area contributed by atoms with Gasteiger partial charge in [-0.2, -0.15) is 0 Å². The summed E-state index contributed by atoms with van der Waals surface area (Å²) in [4.78, 5) is 1.18. The number of aliphatic hydroxyl groups excluding tert-OH is 1. The summed E-state index contributed by atoms with van der Waals surface area (Å²) in [5, 5.41) is 13.3. The van der Waals surface area contributed by atoms with Crippen molar-refractivity contribution in [1.29, 1.82) is 0 Å². The van der Waals surface area contributed by atoms with Crippen LogP contribution in [0.4, 0.5) is 10.1 Å². The summed E-state index contributed by atoms with van der Waals surface area (Å²) >= 11 is 1.79. The van der Waals surface area contributed by atoms with Gasteiger partial charge in [0.15, 0.2) is 0 Å². The van der Waals surface area contributed by atoms with E-state index in [1.54, 1.807) is 17.8 Å². The number of fused-ring (bicyclic) bond motifs is 1. The molecule has 0 fully saturated rings. The Morgan fingerprint density at radius 1 is 1.20 bits per heavy atom. The molecule has 0 saturated heterocycles. The summed E-state index contributed by atoms with van der Waals surface area (Å²) in [6.45, 7) is -0.0128. The summed E-state index contributed by atoms with van der Waals surface area (Å²) in [5.41, 5.74) is 1.25. The minimum absolute atomic E-state index is 0.0128. The molecule has 0 radical (unpaired) electrons. The number of rotatable bonds is 3. The number of nitrogens with one attached hydrogen (secondary N) is 1. The molecule has 0 bridgehead atoms. The van der Waals surface area contributed by atoms with E-state index in [1.165, 1.54) is 17.0 Å². The Hall–Kier alpha value is -1.52. The Morgan fingerprint density at radius 3 is 2.85 bits per heavy atom. The van der Waals surface area contributed by atoms with Gasteiger partial charge < -0.3 is 10.4 Å². The standard InChI is InChI=1S/C16H16FNOS/c17-12-4-3-5-13(10-12)18-16(11-19)8-9-20-15-7-2-1-6-14(15)16/h1-7,10,18-19H,8-9,11H2. The van der Waals surface area contributed by atoms with Gasteiger partial charge in [0.1, 0.15) is 5.82 Å². The van der Waals surface area contributed by atoms with Crippen molar-refractivity contribution >= 4 is 17.4 Å². The molecule has 2 aromatic carbocycles. The molecule has 2 nitrogen and oxygen atoms in total. The lowest BCUT2D eigenvalue weighted by molar-refractivity contribution is 0.205. The average Bonchev–Trinajstić information content (AvgIpc) is 2.47. The second kappa shape index (κ2) is 5.46. The second-order valence-corrected chi connectivity index (χ2v) is 6.11. The lowest BCUT2D eigenvalue weighted by atomic mass is 9.87.